The van der Waals surface area contributed by atoms with Crippen LogP contribution in [0.1, 0.15) is 42.9 Å². The standard InChI is InChI=1S/C30H36N4O2/c1-22(2)21-32-16-18-33(19-17-32)25-13-11-24(12-14-25)31-30(36)29(35)28-27(23-8-4-3-5-9-23)20-26-10-6-7-15-34(26)28/h3-5,8-9,11-14,20,22H,6-7,10,15-19,21H2,1-2H3,(H,31,36). The monoisotopic (exact) mass is 484 g/mol. The molecule has 3 aromatic rings. The summed E-state index contributed by atoms with van der Waals surface area (Å²) in [6.45, 7) is 10.6. The Balaban J connectivity index is 1.28. The third-order valence-electron chi connectivity index (χ3n) is 7.24. The van der Waals surface area contributed by atoms with Crippen molar-refractivity contribution in [1.29, 1.82) is 0 Å². The molecule has 1 N–H and O–H groups in total. The summed E-state index contributed by atoms with van der Waals surface area (Å²) in [4.78, 5) is 31.5. The maximum Gasteiger partial charge on any atom is 0.298 e. The zero-order chi connectivity index (χ0) is 25.1. The van der Waals surface area contributed by atoms with E-state index in [4.69, 9.17) is 0 Å². The highest BCUT2D eigenvalue weighted by molar-refractivity contribution is 6.47. The van der Waals surface area contributed by atoms with Crippen molar-refractivity contribution in [2.45, 2.75) is 39.7 Å². The van der Waals surface area contributed by atoms with Crippen LogP contribution in [-0.4, -0.2) is 53.9 Å². The smallest absolute Gasteiger partial charge is 0.298 e. The number of Topliss-reactive ketones (excluding diaryl/α,β-unsaturated/α-hetero) is 1. The van der Waals surface area contributed by atoms with Gasteiger partial charge >= 0.3 is 0 Å². The van der Waals surface area contributed by atoms with E-state index in [9.17, 15) is 9.59 Å². The number of anilines is 2. The lowest BCUT2D eigenvalue weighted by Gasteiger charge is -2.36. The fourth-order valence-corrected chi connectivity index (χ4v) is 5.48. The molecular formula is C30H36N4O2. The number of nitrogens with one attached hydrogen (secondary N) is 1. The fourth-order valence-electron chi connectivity index (χ4n) is 5.48. The summed E-state index contributed by atoms with van der Waals surface area (Å²) < 4.78 is 2.05. The van der Waals surface area contributed by atoms with Crippen LogP contribution in [0.4, 0.5) is 11.4 Å². The number of benzene rings is 2. The first kappa shape index (κ1) is 24.3. The zero-order valence-corrected chi connectivity index (χ0v) is 21.4. The molecule has 2 aromatic carbocycles. The van der Waals surface area contributed by atoms with E-state index >= 15 is 0 Å². The van der Waals surface area contributed by atoms with Crippen molar-refractivity contribution in [3.05, 3.63) is 72.1 Å². The normalized spacial score (nSPS) is 16.1. The number of nitrogens with zero attached hydrogens (tertiary/aromatic N) is 3. The molecular weight excluding hydrogens is 448 g/mol. The van der Waals surface area contributed by atoms with Gasteiger partial charge in [0.25, 0.3) is 11.7 Å². The highest BCUT2D eigenvalue weighted by Crippen LogP contribution is 2.31. The van der Waals surface area contributed by atoms with Gasteiger partial charge in [-0.05, 0) is 61.1 Å². The number of fused-ring (bicyclic) bond motifs is 1. The number of aromatic nitrogens is 1. The SMILES string of the molecule is CC(C)CN1CCN(c2ccc(NC(=O)C(=O)c3c(-c4ccccc4)cc4n3CCCC4)cc2)CC1. The number of rotatable bonds is 7. The van der Waals surface area contributed by atoms with Crippen molar-refractivity contribution in [3.63, 3.8) is 0 Å². The minimum Gasteiger partial charge on any atom is -0.369 e. The second-order valence-electron chi connectivity index (χ2n) is 10.4. The molecule has 0 aliphatic carbocycles. The van der Waals surface area contributed by atoms with Gasteiger partial charge in [0.05, 0.1) is 0 Å². The summed E-state index contributed by atoms with van der Waals surface area (Å²) in [5, 5.41) is 2.85. The van der Waals surface area contributed by atoms with Gasteiger partial charge in [0, 0.05) is 61.9 Å². The molecule has 1 saturated heterocycles. The second kappa shape index (κ2) is 10.7. The van der Waals surface area contributed by atoms with E-state index in [1.165, 1.54) is 0 Å². The molecule has 0 radical (unpaired) electrons. The molecule has 0 saturated carbocycles. The average Bonchev–Trinajstić information content (AvgIpc) is 3.29. The molecule has 36 heavy (non-hydrogen) atoms. The van der Waals surface area contributed by atoms with Crippen LogP contribution < -0.4 is 10.2 Å². The number of carbonyl (C=O) groups excluding carboxylic acids is 2. The van der Waals surface area contributed by atoms with Crippen molar-refractivity contribution >= 4 is 23.1 Å². The van der Waals surface area contributed by atoms with Gasteiger partial charge < -0.3 is 14.8 Å². The van der Waals surface area contributed by atoms with Crippen molar-refractivity contribution < 1.29 is 9.59 Å². The van der Waals surface area contributed by atoms with E-state index in [-0.39, 0.29) is 0 Å². The van der Waals surface area contributed by atoms with Gasteiger partial charge in [-0.2, -0.15) is 0 Å². The Morgan fingerprint density at radius 3 is 2.31 bits per heavy atom. The Morgan fingerprint density at radius 2 is 1.61 bits per heavy atom. The Labute approximate surface area is 213 Å². The topological polar surface area (TPSA) is 57.6 Å². The Hall–Kier alpha value is -3.38. The lowest BCUT2D eigenvalue weighted by molar-refractivity contribution is -0.112. The van der Waals surface area contributed by atoms with Gasteiger partial charge in [-0.1, -0.05) is 44.2 Å². The molecule has 2 aliphatic heterocycles. The molecule has 2 aliphatic rings. The number of carbonyl (C=O) groups is 2. The predicted molar refractivity (Wildman–Crippen MR) is 146 cm³/mol. The number of hydrogen-bond acceptors (Lipinski definition) is 4. The van der Waals surface area contributed by atoms with Gasteiger partial charge in [-0.25, -0.2) is 0 Å². The fraction of sp³-hybridized carbons (Fsp3) is 0.400. The van der Waals surface area contributed by atoms with Crippen molar-refractivity contribution in [2.24, 2.45) is 5.92 Å². The highest BCUT2D eigenvalue weighted by Gasteiger charge is 2.28. The van der Waals surface area contributed by atoms with Gasteiger partial charge in [0.15, 0.2) is 0 Å². The quantitative estimate of drug-likeness (QED) is 0.375. The minimum atomic E-state index is -0.589. The van der Waals surface area contributed by atoms with Gasteiger partial charge in [-0.3, -0.25) is 14.5 Å². The largest absolute Gasteiger partial charge is 0.369 e. The summed E-state index contributed by atoms with van der Waals surface area (Å²) >= 11 is 0. The molecule has 0 spiro atoms. The first-order valence-corrected chi connectivity index (χ1v) is 13.2. The minimum absolute atomic E-state index is 0.479. The summed E-state index contributed by atoms with van der Waals surface area (Å²) in [7, 11) is 0. The van der Waals surface area contributed by atoms with Crippen LogP contribution in [0.25, 0.3) is 11.1 Å². The number of ketones is 1. The molecule has 6 heteroatoms. The Bertz CT molecular complexity index is 1210. The van der Waals surface area contributed by atoms with E-state index in [2.05, 4.69) is 39.6 Å². The molecule has 1 amide bonds. The van der Waals surface area contributed by atoms with E-state index in [1.807, 2.05) is 54.6 Å². The van der Waals surface area contributed by atoms with Gasteiger partial charge in [0.1, 0.15) is 5.69 Å². The molecule has 5 rings (SSSR count). The van der Waals surface area contributed by atoms with E-state index in [1.54, 1.807) is 0 Å². The molecule has 0 atom stereocenters. The van der Waals surface area contributed by atoms with Crippen LogP contribution in [0.5, 0.6) is 0 Å². The summed E-state index contributed by atoms with van der Waals surface area (Å²) in [5.74, 6) is -0.385. The molecule has 0 unspecified atom stereocenters. The first-order valence-electron chi connectivity index (χ1n) is 13.2. The van der Waals surface area contributed by atoms with E-state index in [0.717, 1.165) is 81.0 Å². The number of aryl methyl sites for hydroxylation is 1. The number of piperazine rings is 1. The second-order valence-corrected chi connectivity index (χ2v) is 10.4. The zero-order valence-electron chi connectivity index (χ0n) is 21.4. The maximum atomic E-state index is 13.5. The van der Waals surface area contributed by atoms with E-state index < -0.39 is 11.7 Å². The van der Waals surface area contributed by atoms with Crippen molar-refractivity contribution in [3.8, 4) is 11.1 Å². The molecule has 3 heterocycles. The Kier molecular flexibility index (Phi) is 7.23. The molecule has 188 valence electrons. The van der Waals surface area contributed by atoms with Crippen LogP contribution in [0, 0.1) is 5.92 Å². The highest BCUT2D eigenvalue weighted by atomic mass is 16.2. The molecule has 6 nitrogen and oxygen atoms in total. The van der Waals surface area contributed by atoms with Crippen molar-refractivity contribution in [1.82, 2.24) is 9.47 Å². The summed E-state index contributed by atoms with van der Waals surface area (Å²) in [5.41, 5.74) is 5.24. The van der Waals surface area contributed by atoms with E-state index in [0.29, 0.717) is 17.3 Å². The van der Waals surface area contributed by atoms with Crippen LogP contribution in [0.15, 0.2) is 60.7 Å². The molecule has 1 aromatic heterocycles. The first-order chi connectivity index (χ1) is 17.5. The predicted octanol–water partition coefficient (Wildman–Crippen LogP) is 5.09. The molecule has 0 bridgehead atoms. The number of amides is 1. The third-order valence-corrected chi connectivity index (χ3v) is 7.24. The summed E-state index contributed by atoms with van der Waals surface area (Å²) in [6.07, 6.45) is 3.06. The third kappa shape index (κ3) is 5.24. The lowest BCUT2D eigenvalue weighted by Crippen LogP contribution is -2.47. The van der Waals surface area contributed by atoms with Crippen LogP contribution in [-0.2, 0) is 17.8 Å². The lowest BCUT2D eigenvalue weighted by atomic mass is 10.0. The van der Waals surface area contributed by atoms with Crippen LogP contribution in [0.3, 0.4) is 0 Å². The maximum absolute atomic E-state index is 13.5. The van der Waals surface area contributed by atoms with Crippen LogP contribution in [0.2, 0.25) is 0 Å². The summed E-state index contributed by atoms with van der Waals surface area (Å²) in [6, 6.07) is 19.8. The van der Waals surface area contributed by atoms with Gasteiger partial charge in [0.2, 0.25) is 0 Å². The molecule has 1 fully saturated rings. The van der Waals surface area contributed by atoms with Crippen molar-refractivity contribution in [2.75, 3.05) is 42.9 Å². The van der Waals surface area contributed by atoms with Crippen LogP contribution >= 0.6 is 0 Å². The Morgan fingerprint density at radius 1 is 0.889 bits per heavy atom. The number of hydrogen-bond donors (Lipinski definition) is 1. The average molecular weight is 485 g/mol. The van der Waals surface area contributed by atoms with Gasteiger partial charge in [-0.15, -0.1) is 0 Å².